The molecule has 2 aromatic rings. The third-order valence-electron chi connectivity index (χ3n) is 4.54. The van der Waals surface area contributed by atoms with Crippen molar-refractivity contribution in [3.05, 3.63) is 34.8 Å². The van der Waals surface area contributed by atoms with Gasteiger partial charge in [0.2, 0.25) is 5.91 Å². The molecule has 1 aliphatic heterocycles. The molecule has 0 spiro atoms. The van der Waals surface area contributed by atoms with Gasteiger partial charge in [0.1, 0.15) is 0 Å². The van der Waals surface area contributed by atoms with Crippen LogP contribution in [0, 0.1) is 0 Å². The first-order valence-corrected chi connectivity index (χ1v) is 8.28. The van der Waals surface area contributed by atoms with Gasteiger partial charge in [0, 0.05) is 53.4 Å². The van der Waals surface area contributed by atoms with Crippen LogP contribution in [0.3, 0.4) is 0 Å². The number of fused-ring (bicyclic) bond motifs is 1. The molecule has 1 fully saturated rings. The SMILES string of the molecule is CN(C)C(=O)CN1CCN(CCn2c(=O)oc3ccccc32)CC1. The molecule has 130 valence electrons. The number of amides is 1. The van der Waals surface area contributed by atoms with E-state index in [1.165, 1.54) is 0 Å². The van der Waals surface area contributed by atoms with E-state index < -0.39 is 0 Å². The first-order valence-electron chi connectivity index (χ1n) is 8.28. The van der Waals surface area contributed by atoms with Crippen LogP contribution in [-0.2, 0) is 11.3 Å². The van der Waals surface area contributed by atoms with Crippen molar-refractivity contribution in [2.24, 2.45) is 0 Å². The van der Waals surface area contributed by atoms with Crippen molar-refractivity contribution in [3.63, 3.8) is 0 Å². The van der Waals surface area contributed by atoms with Crippen LogP contribution in [0.2, 0.25) is 0 Å². The maximum atomic E-state index is 12.0. The highest BCUT2D eigenvalue weighted by atomic mass is 16.4. The zero-order chi connectivity index (χ0) is 17.1. The number of nitrogens with zero attached hydrogens (tertiary/aromatic N) is 4. The predicted molar refractivity (Wildman–Crippen MR) is 92.0 cm³/mol. The molecule has 1 aromatic carbocycles. The number of likely N-dealkylation sites (N-methyl/N-ethyl adjacent to an activating group) is 1. The molecule has 0 bridgehead atoms. The molecular weight excluding hydrogens is 308 g/mol. The van der Waals surface area contributed by atoms with Crippen molar-refractivity contribution < 1.29 is 9.21 Å². The first-order chi connectivity index (χ1) is 11.5. The molecule has 0 aliphatic carbocycles. The van der Waals surface area contributed by atoms with E-state index in [-0.39, 0.29) is 11.7 Å². The molecule has 1 aromatic heterocycles. The second kappa shape index (κ2) is 7.19. The van der Waals surface area contributed by atoms with Gasteiger partial charge in [0.05, 0.1) is 12.1 Å². The molecule has 1 aliphatic rings. The predicted octanol–water partition coefficient (Wildman–Crippen LogP) is 0.300. The van der Waals surface area contributed by atoms with Gasteiger partial charge in [-0.3, -0.25) is 19.2 Å². The average Bonchev–Trinajstić information content (AvgIpc) is 2.89. The zero-order valence-corrected chi connectivity index (χ0v) is 14.3. The Balaban J connectivity index is 1.52. The minimum Gasteiger partial charge on any atom is -0.408 e. The van der Waals surface area contributed by atoms with Gasteiger partial charge in [0.25, 0.3) is 0 Å². The summed E-state index contributed by atoms with van der Waals surface area (Å²) in [6.07, 6.45) is 0. The van der Waals surface area contributed by atoms with Gasteiger partial charge in [-0.05, 0) is 12.1 Å². The van der Waals surface area contributed by atoms with Crippen LogP contribution in [0.15, 0.2) is 33.5 Å². The van der Waals surface area contributed by atoms with Crippen LogP contribution in [0.1, 0.15) is 0 Å². The molecule has 2 heterocycles. The Morgan fingerprint density at radius 2 is 1.75 bits per heavy atom. The van der Waals surface area contributed by atoms with E-state index in [2.05, 4.69) is 9.80 Å². The number of para-hydroxylation sites is 2. The topological polar surface area (TPSA) is 61.9 Å². The van der Waals surface area contributed by atoms with E-state index in [1.54, 1.807) is 23.6 Å². The molecule has 7 nitrogen and oxygen atoms in total. The van der Waals surface area contributed by atoms with Crippen molar-refractivity contribution in [3.8, 4) is 0 Å². The summed E-state index contributed by atoms with van der Waals surface area (Å²) in [5.41, 5.74) is 1.48. The molecule has 0 N–H and O–H groups in total. The Morgan fingerprint density at radius 3 is 2.46 bits per heavy atom. The first kappa shape index (κ1) is 16.7. The third kappa shape index (κ3) is 3.68. The maximum absolute atomic E-state index is 12.0. The molecule has 0 saturated carbocycles. The molecule has 0 radical (unpaired) electrons. The number of hydrogen-bond donors (Lipinski definition) is 0. The summed E-state index contributed by atoms with van der Waals surface area (Å²) in [6, 6.07) is 7.50. The van der Waals surface area contributed by atoms with Crippen molar-refractivity contribution in [2.45, 2.75) is 6.54 Å². The number of aromatic nitrogens is 1. The van der Waals surface area contributed by atoms with Crippen molar-refractivity contribution in [1.82, 2.24) is 19.3 Å². The highest BCUT2D eigenvalue weighted by molar-refractivity contribution is 5.77. The maximum Gasteiger partial charge on any atom is 0.419 e. The molecule has 3 rings (SSSR count). The minimum atomic E-state index is -0.300. The van der Waals surface area contributed by atoms with Gasteiger partial charge >= 0.3 is 5.76 Å². The van der Waals surface area contributed by atoms with Gasteiger partial charge < -0.3 is 9.32 Å². The van der Waals surface area contributed by atoms with E-state index in [0.29, 0.717) is 18.7 Å². The van der Waals surface area contributed by atoms with E-state index >= 15 is 0 Å². The van der Waals surface area contributed by atoms with Crippen LogP contribution in [0.25, 0.3) is 11.1 Å². The molecule has 0 atom stereocenters. The Bertz CT molecular complexity index is 757. The summed E-state index contributed by atoms with van der Waals surface area (Å²) in [5, 5.41) is 0. The normalized spacial score (nSPS) is 16.6. The highest BCUT2D eigenvalue weighted by Crippen LogP contribution is 2.12. The molecule has 0 unspecified atom stereocenters. The summed E-state index contributed by atoms with van der Waals surface area (Å²) in [4.78, 5) is 29.9. The lowest BCUT2D eigenvalue weighted by molar-refractivity contribution is -0.130. The summed E-state index contributed by atoms with van der Waals surface area (Å²) < 4.78 is 6.95. The zero-order valence-electron chi connectivity index (χ0n) is 14.3. The quantitative estimate of drug-likeness (QED) is 0.788. The molecule has 1 saturated heterocycles. The fourth-order valence-electron chi connectivity index (χ4n) is 2.97. The summed E-state index contributed by atoms with van der Waals surface area (Å²) in [7, 11) is 3.57. The lowest BCUT2D eigenvalue weighted by Crippen LogP contribution is -2.50. The van der Waals surface area contributed by atoms with Gasteiger partial charge in [-0.1, -0.05) is 12.1 Å². The number of benzene rings is 1. The monoisotopic (exact) mass is 332 g/mol. The second-order valence-electron chi connectivity index (χ2n) is 6.39. The number of oxazole rings is 1. The van der Waals surface area contributed by atoms with Crippen molar-refractivity contribution in [1.29, 1.82) is 0 Å². The van der Waals surface area contributed by atoms with E-state index in [4.69, 9.17) is 4.42 Å². The lowest BCUT2D eigenvalue weighted by atomic mass is 10.3. The molecular formula is C17H24N4O3. The third-order valence-corrected chi connectivity index (χ3v) is 4.54. The Hall–Kier alpha value is -2.12. The van der Waals surface area contributed by atoms with Gasteiger partial charge in [-0.2, -0.15) is 0 Å². The number of hydrogen-bond acceptors (Lipinski definition) is 5. The summed E-state index contributed by atoms with van der Waals surface area (Å²) in [6.45, 7) is 5.47. The number of carbonyl (C=O) groups is 1. The Morgan fingerprint density at radius 1 is 1.08 bits per heavy atom. The van der Waals surface area contributed by atoms with E-state index in [9.17, 15) is 9.59 Å². The van der Waals surface area contributed by atoms with Crippen LogP contribution < -0.4 is 5.76 Å². The number of carbonyl (C=O) groups excluding carboxylic acids is 1. The van der Waals surface area contributed by atoms with Crippen LogP contribution in [0.4, 0.5) is 0 Å². The van der Waals surface area contributed by atoms with Gasteiger partial charge in [-0.25, -0.2) is 4.79 Å². The molecule has 1 amide bonds. The Kier molecular flexibility index (Phi) is 5.01. The summed E-state index contributed by atoms with van der Waals surface area (Å²) >= 11 is 0. The lowest BCUT2D eigenvalue weighted by Gasteiger charge is -2.34. The summed E-state index contributed by atoms with van der Waals surface area (Å²) in [5.74, 6) is -0.161. The fraction of sp³-hybridized carbons (Fsp3) is 0.529. The fourth-order valence-corrected chi connectivity index (χ4v) is 2.97. The smallest absolute Gasteiger partial charge is 0.408 e. The van der Waals surface area contributed by atoms with Crippen molar-refractivity contribution in [2.75, 3.05) is 53.4 Å². The number of rotatable bonds is 5. The van der Waals surface area contributed by atoms with Gasteiger partial charge in [-0.15, -0.1) is 0 Å². The highest BCUT2D eigenvalue weighted by Gasteiger charge is 2.20. The Labute approximate surface area is 141 Å². The van der Waals surface area contributed by atoms with E-state index in [0.717, 1.165) is 38.2 Å². The molecule has 24 heavy (non-hydrogen) atoms. The second-order valence-corrected chi connectivity index (χ2v) is 6.39. The van der Waals surface area contributed by atoms with Gasteiger partial charge in [0.15, 0.2) is 5.58 Å². The van der Waals surface area contributed by atoms with Crippen LogP contribution in [0.5, 0.6) is 0 Å². The average molecular weight is 332 g/mol. The molecule has 7 heteroatoms. The number of piperazine rings is 1. The van der Waals surface area contributed by atoms with Crippen LogP contribution in [-0.4, -0.2) is 78.5 Å². The van der Waals surface area contributed by atoms with E-state index in [1.807, 2.05) is 24.3 Å². The minimum absolute atomic E-state index is 0.139. The van der Waals surface area contributed by atoms with Crippen molar-refractivity contribution >= 4 is 17.0 Å². The largest absolute Gasteiger partial charge is 0.419 e. The standard InChI is InChI=1S/C17H24N4O3/c1-18(2)16(22)13-20-9-7-19(8-10-20)11-12-21-14-5-3-4-6-15(14)24-17(21)23/h3-6H,7-13H2,1-2H3. The van der Waals surface area contributed by atoms with Crippen LogP contribution >= 0.6 is 0 Å².